The van der Waals surface area contributed by atoms with Gasteiger partial charge in [-0.2, -0.15) is 0 Å². The summed E-state index contributed by atoms with van der Waals surface area (Å²) in [6, 6.07) is 7.95. The first-order valence-corrected chi connectivity index (χ1v) is 5.76. The molecule has 0 aliphatic rings. The minimum atomic E-state index is 0.604. The maximum Gasteiger partial charge on any atom is 0.231 e. The number of benzene rings is 1. The fraction of sp³-hybridized carbons (Fsp3) is 0.0909. The van der Waals surface area contributed by atoms with Crippen molar-refractivity contribution in [2.75, 3.05) is 5.75 Å². The summed E-state index contributed by atoms with van der Waals surface area (Å²) in [6.07, 6.45) is 5.24. The molecule has 16 heavy (non-hydrogen) atoms. The van der Waals surface area contributed by atoms with Crippen LogP contribution in [0.5, 0.6) is 0 Å². The van der Waals surface area contributed by atoms with Crippen molar-refractivity contribution in [3.05, 3.63) is 24.3 Å². The molecule has 0 amide bonds. The molecule has 2 heterocycles. The molecule has 0 saturated heterocycles. The highest BCUT2D eigenvalue weighted by Crippen LogP contribution is 2.22. The molecular formula is C11H8N4S. The third kappa shape index (κ3) is 1.27. The molecule has 0 unspecified atom stereocenters. The second-order valence-electron chi connectivity index (χ2n) is 3.26. The van der Waals surface area contributed by atoms with Gasteiger partial charge in [-0.15, -0.1) is 11.5 Å². The third-order valence-corrected chi connectivity index (χ3v) is 3.13. The van der Waals surface area contributed by atoms with E-state index < -0.39 is 0 Å². The van der Waals surface area contributed by atoms with E-state index in [0.717, 1.165) is 22.0 Å². The van der Waals surface area contributed by atoms with Crippen molar-refractivity contribution in [3.63, 3.8) is 0 Å². The Labute approximate surface area is 96.1 Å². The van der Waals surface area contributed by atoms with Crippen LogP contribution >= 0.6 is 11.8 Å². The third-order valence-electron chi connectivity index (χ3n) is 2.29. The van der Waals surface area contributed by atoms with E-state index in [2.05, 4.69) is 21.1 Å². The van der Waals surface area contributed by atoms with Crippen LogP contribution in [0.2, 0.25) is 0 Å². The Morgan fingerprint density at radius 1 is 1.44 bits per heavy atom. The van der Waals surface area contributed by atoms with Crippen LogP contribution in [-0.2, 0) is 0 Å². The quantitative estimate of drug-likeness (QED) is 0.538. The molecule has 3 aromatic rings. The number of hydrogen-bond acceptors (Lipinski definition) is 3. The molecule has 0 spiro atoms. The number of imidazole rings is 1. The minimum absolute atomic E-state index is 0.604. The summed E-state index contributed by atoms with van der Waals surface area (Å²) in [5, 5.41) is 7.93. The number of rotatable bonds is 2. The number of hydrogen-bond donors (Lipinski definition) is 1. The van der Waals surface area contributed by atoms with Crippen LogP contribution in [0.3, 0.4) is 0 Å². The molecule has 78 valence electrons. The van der Waals surface area contributed by atoms with E-state index in [1.54, 1.807) is 0 Å². The van der Waals surface area contributed by atoms with Crippen LogP contribution in [0.1, 0.15) is 0 Å². The minimum Gasteiger partial charge on any atom is -0.254 e. The fourth-order valence-electron chi connectivity index (χ4n) is 1.65. The summed E-state index contributed by atoms with van der Waals surface area (Å²) in [7, 11) is 0. The molecule has 1 aromatic carbocycles. The zero-order chi connectivity index (χ0) is 11.0. The number of aromatic amines is 1. The number of aromatic nitrogens is 4. The van der Waals surface area contributed by atoms with Crippen LogP contribution < -0.4 is 0 Å². The molecule has 0 aliphatic heterocycles. The van der Waals surface area contributed by atoms with Gasteiger partial charge in [-0.1, -0.05) is 29.8 Å². The van der Waals surface area contributed by atoms with Crippen LogP contribution in [0, 0.1) is 12.3 Å². The normalized spacial score (nSPS) is 10.9. The van der Waals surface area contributed by atoms with Crippen molar-refractivity contribution < 1.29 is 0 Å². The predicted octanol–water partition coefficient (Wildman–Crippen LogP) is 1.94. The van der Waals surface area contributed by atoms with Gasteiger partial charge in [0, 0.05) is 0 Å². The van der Waals surface area contributed by atoms with E-state index >= 15 is 0 Å². The molecule has 0 aliphatic carbocycles. The van der Waals surface area contributed by atoms with E-state index in [1.807, 2.05) is 28.7 Å². The Balaban J connectivity index is 2.26. The number of fused-ring (bicyclic) bond motifs is 3. The summed E-state index contributed by atoms with van der Waals surface area (Å²) in [4.78, 5) is 4.42. The summed E-state index contributed by atoms with van der Waals surface area (Å²) < 4.78 is 1.98. The smallest absolute Gasteiger partial charge is 0.231 e. The van der Waals surface area contributed by atoms with Crippen LogP contribution in [0.15, 0.2) is 29.4 Å². The molecule has 0 atom stereocenters. The Hall–Kier alpha value is -1.93. The monoisotopic (exact) mass is 228 g/mol. The van der Waals surface area contributed by atoms with Crippen molar-refractivity contribution in [2.45, 2.75) is 5.16 Å². The zero-order valence-corrected chi connectivity index (χ0v) is 9.16. The first-order valence-electron chi connectivity index (χ1n) is 4.78. The second-order valence-corrected chi connectivity index (χ2v) is 4.20. The predicted molar refractivity (Wildman–Crippen MR) is 64.4 cm³/mol. The second kappa shape index (κ2) is 3.58. The van der Waals surface area contributed by atoms with E-state index in [4.69, 9.17) is 6.42 Å². The average molecular weight is 228 g/mol. The van der Waals surface area contributed by atoms with Crippen molar-refractivity contribution in [1.82, 2.24) is 19.6 Å². The highest BCUT2D eigenvalue weighted by Gasteiger charge is 2.10. The lowest BCUT2D eigenvalue weighted by Gasteiger charge is -1.94. The van der Waals surface area contributed by atoms with E-state index in [9.17, 15) is 0 Å². The lowest BCUT2D eigenvalue weighted by atomic mass is 10.3. The van der Waals surface area contributed by atoms with Gasteiger partial charge in [-0.05, 0) is 12.1 Å². The Morgan fingerprint density at radius 3 is 3.19 bits per heavy atom. The maximum atomic E-state index is 5.24. The molecular weight excluding hydrogens is 220 g/mol. The Bertz CT molecular complexity index is 689. The first kappa shape index (κ1) is 9.31. The lowest BCUT2D eigenvalue weighted by molar-refractivity contribution is 0.943. The molecule has 5 heteroatoms. The molecule has 0 bridgehead atoms. The molecule has 2 aromatic heterocycles. The van der Waals surface area contributed by atoms with Gasteiger partial charge in [-0.3, -0.25) is 4.40 Å². The van der Waals surface area contributed by atoms with Gasteiger partial charge >= 0.3 is 0 Å². The van der Waals surface area contributed by atoms with Gasteiger partial charge in [0.25, 0.3) is 0 Å². The number of thioether (sulfide) groups is 1. The SMILES string of the molecule is C#CCSc1n[nH]c2nc3ccccc3n12. The van der Waals surface area contributed by atoms with Gasteiger partial charge in [-0.25, -0.2) is 10.1 Å². The number of nitrogens with one attached hydrogen (secondary N) is 1. The zero-order valence-electron chi connectivity index (χ0n) is 8.34. The molecule has 1 N–H and O–H groups in total. The molecule has 3 rings (SSSR count). The van der Waals surface area contributed by atoms with Crippen molar-refractivity contribution in [3.8, 4) is 12.3 Å². The van der Waals surface area contributed by atoms with Crippen molar-refractivity contribution in [2.24, 2.45) is 0 Å². The topological polar surface area (TPSA) is 46.0 Å². The highest BCUT2D eigenvalue weighted by molar-refractivity contribution is 7.99. The van der Waals surface area contributed by atoms with Crippen LogP contribution in [-0.4, -0.2) is 25.3 Å². The Kier molecular flexibility index (Phi) is 2.08. The first-order chi connectivity index (χ1) is 7.90. The van der Waals surface area contributed by atoms with Gasteiger partial charge in [0.05, 0.1) is 16.8 Å². The number of terminal acetylenes is 1. The molecule has 0 radical (unpaired) electrons. The van der Waals surface area contributed by atoms with Gasteiger partial charge in [0.1, 0.15) is 0 Å². The van der Waals surface area contributed by atoms with Crippen molar-refractivity contribution in [1.29, 1.82) is 0 Å². The average Bonchev–Trinajstić information content (AvgIpc) is 2.85. The summed E-state index contributed by atoms with van der Waals surface area (Å²) >= 11 is 1.52. The highest BCUT2D eigenvalue weighted by atomic mass is 32.2. The maximum absolute atomic E-state index is 5.24. The van der Waals surface area contributed by atoms with E-state index in [-0.39, 0.29) is 0 Å². The summed E-state index contributed by atoms with van der Waals surface area (Å²) in [6.45, 7) is 0. The fourth-order valence-corrected chi connectivity index (χ4v) is 2.28. The van der Waals surface area contributed by atoms with Crippen LogP contribution in [0.4, 0.5) is 0 Å². The Morgan fingerprint density at radius 2 is 2.31 bits per heavy atom. The summed E-state index contributed by atoms with van der Waals surface area (Å²) in [5.74, 6) is 3.94. The molecule has 0 saturated carbocycles. The number of H-pyrrole nitrogens is 1. The number of para-hydroxylation sites is 2. The van der Waals surface area contributed by atoms with Crippen LogP contribution in [0.25, 0.3) is 16.8 Å². The molecule has 0 fully saturated rings. The van der Waals surface area contributed by atoms with E-state index in [0.29, 0.717) is 5.75 Å². The number of nitrogens with zero attached hydrogens (tertiary/aromatic N) is 3. The molecule has 4 nitrogen and oxygen atoms in total. The lowest BCUT2D eigenvalue weighted by Crippen LogP contribution is -1.85. The van der Waals surface area contributed by atoms with Gasteiger partial charge in [0.2, 0.25) is 5.78 Å². The van der Waals surface area contributed by atoms with Gasteiger partial charge < -0.3 is 0 Å². The summed E-state index contributed by atoms with van der Waals surface area (Å²) in [5.41, 5.74) is 2.00. The standard InChI is InChI=1S/C11H8N4S/c1-2-7-16-11-14-13-10-12-8-5-3-4-6-9(8)15(10)11/h1,3-6H,7H2,(H,12,13). The van der Waals surface area contributed by atoms with E-state index in [1.165, 1.54) is 11.8 Å². The largest absolute Gasteiger partial charge is 0.254 e. The van der Waals surface area contributed by atoms with Gasteiger partial charge in [0.15, 0.2) is 5.16 Å². The van der Waals surface area contributed by atoms with Crippen molar-refractivity contribution >= 4 is 28.6 Å².